The Labute approximate surface area is 230 Å². The summed E-state index contributed by atoms with van der Waals surface area (Å²) in [6.07, 6.45) is 3.19. The molecule has 0 radical (unpaired) electrons. The molecule has 0 aromatic heterocycles. The van der Waals surface area contributed by atoms with Crippen molar-refractivity contribution in [2.45, 2.75) is 77.9 Å². The standard InChI is InChI=1S/C30H39NO8/c1-5-7-14-27(32)38-25-17-16-22(19-26(25)39-28(33)15-8-6-2)18-24(30(35)36-4)31-20-21(3)37-29(34)23-12-10-9-11-13-23/h9-13,16-17,19,21,24,31H,5-8,14-15,18,20H2,1-4H3/t21?,24-/m0/s1. The van der Waals surface area contributed by atoms with Gasteiger partial charge in [-0.25, -0.2) is 4.79 Å². The van der Waals surface area contributed by atoms with Crippen LogP contribution in [-0.2, 0) is 30.3 Å². The highest BCUT2D eigenvalue weighted by atomic mass is 16.6. The zero-order chi connectivity index (χ0) is 28.6. The van der Waals surface area contributed by atoms with Crippen LogP contribution in [0.15, 0.2) is 48.5 Å². The monoisotopic (exact) mass is 541 g/mol. The molecule has 2 aromatic carbocycles. The van der Waals surface area contributed by atoms with Gasteiger partial charge < -0.3 is 24.3 Å². The summed E-state index contributed by atoms with van der Waals surface area (Å²) in [6.45, 7) is 5.86. The van der Waals surface area contributed by atoms with E-state index in [2.05, 4.69) is 5.32 Å². The Balaban J connectivity index is 2.13. The van der Waals surface area contributed by atoms with E-state index in [9.17, 15) is 19.2 Å². The third-order valence-corrected chi connectivity index (χ3v) is 5.82. The molecule has 2 rings (SSSR count). The molecule has 2 atom stereocenters. The van der Waals surface area contributed by atoms with Crippen molar-refractivity contribution in [2.24, 2.45) is 0 Å². The predicted molar refractivity (Wildman–Crippen MR) is 146 cm³/mol. The minimum atomic E-state index is -0.769. The van der Waals surface area contributed by atoms with Crippen molar-refractivity contribution in [1.82, 2.24) is 5.32 Å². The van der Waals surface area contributed by atoms with Gasteiger partial charge in [-0.05, 0) is 56.0 Å². The number of benzene rings is 2. The SMILES string of the molecule is CCCCC(=O)Oc1ccc(C[C@H](NCC(C)OC(=O)c2ccccc2)C(=O)OC)cc1OC(=O)CCCC. The largest absolute Gasteiger partial charge is 0.468 e. The highest BCUT2D eigenvalue weighted by Gasteiger charge is 2.23. The molecule has 2 aromatic rings. The molecule has 9 heteroatoms. The Bertz CT molecular complexity index is 1090. The van der Waals surface area contributed by atoms with E-state index in [0.29, 0.717) is 24.0 Å². The molecule has 9 nitrogen and oxygen atoms in total. The second-order valence-corrected chi connectivity index (χ2v) is 9.21. The lowest BCUT2D eigenvalue weighted by Crippen LogP contribution is -2.43. The normalized spacial score (nSPS) is 12.2. The van der Waals surface area contributed by atoms with Crippen LogP contribution < -0.4 is 14.8 Å². The van der Waals surface area contributed by atoms with Crippen LogP contribution in [0.1, 0.15) is 75.2 Å². The number of hydrogen-bond donors (Lipinski definition) is 1. The number of carbonyl (C=O) groups is 4. The number of rotatable bonds is 16. The van der Waals surface area contributed by atoms with Crippen molar-refractivity contribution in [1.29, 1.82) is 0 Å². The van der Waals surface area contributed by atoms with Crippen molar-refractivity contribution < 1.29 is 38.1 Å². The summed E-state index contributed by atoms with van der Waals surface area (Å²) in [7, 11) is 1.29. The van der Waals surface area contributed by atoms with Crippen molar-refractivity contribution >= 4 is 23.9 Å². The van der Waals surface area contributed by atoms with Gasteiger partial charge in [-0.3, -0.25) is 14.4 Å². The van der Waals surface area contributed by atoms with Gasteiger partial charge in [-0.15, -0.1) is 0 Å². The summed E-state index contributed by atoms with van der Waals surface area (Å²) in [5.41, 5.74) is 1.09. The van der Waals surface area contributed by atoms with Crippen molar-refractivity contribution in [2.75, 3.05) is 13.7 Å². The maximum atomic E-state index is 12.5. The molecule has 1 N–H and O–H groups in total. The lowest BCUT2D eigenvalue weighted by Gasteiger charge is -2.20. The van der Waals surface area contributed by atoms with Crippen LogP contribution >= 0.6 is 0 Å². The van der Waals surface area contributed by atoms with E-state index in [1.807, 2.05) is 19.9 Å². The molecule has 1 unspecified atom stereocenters. The van der Waals surface area contributed by atoms with Gasteiger partial charge in [0.05, 0.1) is 12.7 Å². The smallest absolute Gasteiger partial charge is 0.338 e. The summed E-state index contributed by atoms with van der Waals surface area (Å²) in [6, 6.07) is 12.7. The molecule has 0 bridgehead atoms. The first kappa shape index (κ1) is 31.5. The number of esters is 4. The molecular formula is C30H39NO8. The average molecular weight is 542 g/mol. The summed E-state index contributed by atoms with van der Waals surface area (Å²) in [5, 5.41) is 3.09. The Morgan fingerprint density at radius 1 is 0.846 bits per heavy atom. The van der Waals surface area contributed by atoms with E-state index in [4.69, 9.17) is 18.9 Å². The third kappa shape index (κ3) is 11.3. The zero-order valence-corrected chi connectivity index (χ0v) is 23.2. The second kappa shape index (κ2) is 17.0. The predicted octanol–water partition coefficient (Wildman–Crippen LogP) is 4.80. The van der Waals surface area contributed by atoms with Crippen LogP contribution in [0.25, 0.3) is 0 Å². The average Bonchev–Trinajstić information content (AvgIpc) is 2.94. The van der Waals surface area contributed by atoms with Crippen molar-refractivity contribution in [3.63, 3.8) is 0 Å². The molecule has 0 saturated heterocycles. The second-order valence-electron chi connectivity index (χ2n) is 9.21. The van der Waals surface area contributed by atoms with Crippen LogP contribution in [0.3, 0.4) is 0 Å². The number of carbonyl (C=O) groups excluding carboxylic acids is 4. The third-order valence-electron chi connectivity index (χ3n) is 5.82. The van der Waals surface area contributed by atoms with Gasteiger partial charge in [-0.2, -0.15) is 0 Å². The molecule has 0 aliphatic carbocycles. The molecule has 39 heavy (non-hydrogen) atoms. The minimum absolute atomic E-state index is 0.118. The maximum Gasteiger partial charge on any atom is 0.338 e. The fourth-order valence-corrected chi connectivity index (χ4v) is 3.62. The van der Waals surface area contributed by atoms with E-state index >= 15 is 0 Å². The first-order valence-corrected chi connectivity index (χ1v) is 13.4. The van der Waals surface area contributed by atoms with Crippen LogP contribution in [0.4, 0.5) is 0 Å². The number of nitrogens with one attached hydrogen (secondary N) is 1. The van der Waals surface area contributed by atoms with Gasteiger partial charge in [0.2, 0.25) is 0 Å². The van der Waals surface area contributed by atoms with E-state index in [-0.39, 0.29) is 37.3 Å². The molecule has 212 valence electrons. The fourth-order valence-electron chi connectivity index (χ4n) is 3.62. The number of methoxy groups -OCH3 is 1. The summed E-state index contributed by atoms with van der Waals surface area (Å²) < 4.78 is 21.4. The highest BCUT2D eigenvalue weighted by molar-refractivity contribution is 5.89. The van der Waals surface area contributed by atoms with Gasteiger partial charge in [0, 0.05) is 19.4 Å². The lowest BCUT2D eigenvalue weighted by atomic mass is 10.0. The van der Waals surface area contributed by atoms with Crippen LogP contribution in [0.5, 0.6) is 11.5 Å². The molecule has 0 aliphatic rings. The fraction of sp³-hybridized carbons (Fsp3) is 0.467. The molecule has 0 fully saturated rings. The Morgan fingerprint density at radius 3 is 2.05 bits per heavy atom. The Hall–Kier alpha value is -3.72. The minimum Gasteiger partial charge on any atom is -0.468 e. The van der Waals surface area contributed by atoms with Gasteiger partial charge in [0.15, 0.2) is 11.5 Å². The molecule has 0 saturated carbocycles. The molecule has 0 spiro atoms. The van der Waals surface area contributed by atoms with Crippen molar-refractivity contribution in [3.8, 4) is 11.5 Å². The van der Waals surface area contributed by atoms with E-state index < -0.39 is 36.0 Å². The van der Waals surface area contributed by atoms with E-state index in [1.165, 1.54) is 7.11 Å². The first-order valence-electron chi connectivity index (χ1n) is 13.4. The summed E-state index contributed by atoms with van der Waals surface area (Å²) in [4.78, 5) is 49.4. The maximum absolute atomic E-state index is 12.5. The van der Waals surface area contributed by atoms with Gasteiger partial charge >= 0.3 is 23.9 Å². The highest BCUT2D eigenvalue weighted by Crippen LogP contribution is 2.30. The lowest BCUT2D eigenvalue weighted by molar-refractivity contribution is -0.143. The van der Waals surface area contributed by atoms with Gasteiger partial charge in [0.1, 0.15) is 12.1 Å². The van der Waals surface area contributed by atoms with Crippen molar-refractivity contribution in [3.05, 3.63) is 59.7 Å². The Morgan fingerprint density at radius 2 is 1.46 bits per heavy atom. The molecule has 0 aliphatic heterocycles. The first-order chi connectivity index (χ1) is 18.8. The van der Waals surface area contributed by atoms with Crippen LogP contribution in [0.2, 0.25) is 0 Å². The molecule has 0 amide bonds. The van der Waals surface area contributed by atoms with E-state index in [1.54, 1.807) is 49.4 Å². The van der Waals surface area contributed by atoms with Crippen LogP contribution in [0, 0.1) is 0 Å². The zero-order valence-electron chi connectivity index (χ0n) is 23.2. The number of ether oxygens (including phenoxy) is 4. The Kier molecular flexibility index (Phi) is 13.7. The molecular weight excluding hydrogens is 502 g/mol. The quantitative estimate of drug-likeness (QED) is 0.236. The number of unbranched alkanes of at least 4 members (excludes halogenated alkanes) is 2. The van der Waals surface area contributed by atoms with Crippen LogP contribution in [-0.4, -0.2) is 49.7 Å². The summed E-state index contributed by atoms with van der Waals surface area (Å²) in [5.74, 6) is -1.55. The van der Waals surface area contributed by atoms with Gasteiger partial charge in [0.25, 0.3) is 0 Å². The van der Waals surface area contributed by atoms with Gasteiger partial charge in [-0.1, -0.05) is 51.0 Å². The topological polar surface area (TPSA) is 117 Å². The summed E-state index contributed by atoms with van der Waals surface area (Å²) >= 11 is 0. The van der Waals surface area contributed by atoms with E-state index in [0.717, 1.165) is 12.8 Å². The number of hydrogen-bond acceptors (Lipinski definition) is 9. The molecule has 0 heterocycles.